The Bertz CT molecular complexity index is 914. The van der Waals surface area contributed by atoms with Gasteiger partial charge in [-0.3, -0.25) is 0 Å². The molecule has 2 aromatic rings. The van der Waals surface area contributed by atoms with Gasteiger partial charge in [-0.1, -0.05) is 36.4 Å². The maximum Gasteiger partial charge on any atom is 0.318 e. The molecular formula is C18H21N3O4S. The van der Waals surface area contributed by atoms with Crippen LogP contribution in [0.4, 0.5) is 4.79 Å². The SMILES string of the molecule is CC1COc2ccccc2CN1C(=O)NCc1ccccc1S(N)(=O)=O. The minimum Gasteiger partial charge on any atom is -0.491 e. The minimum atomic E-state index is -3.85. The van der Waals surface area contributed by atoms with Crippen molar-refractivity contribution < 1.29 is 17.9 Å². The third kappa shape index (κ3) is 3.97. The second-order valence-corrected chi connectivity index (χ2v) is 7.74. The molecule has 26 heavy (non-hydrogen) atoms. The smallest absolute Gasteiger partial charge is 0.318 e. The van der Waals surface area contributed by atoms with E-state index in [1.807, 2.05) is 31.2 Å². The number of nitrogens with two attached hydrogens (primary N) is 1. The molecule has 8 heteroatoms. The van der Waals surface area contributed by atoms with Gasteiger partial charge in [-0.25, -0.2) is 18.4 Å². The number of sulfonamides is 1. The van der Waals surface area contributed by atoms with E-state index in [1.165, 1.54) is 6.07 Å². The molecule has 0 fully saturated rings. The molecule has 0 radical (unpaired) electrons. The second-order valence-electron chi connectivity index (χ2n) is 6.21. The first-order valence-electron chi connectivity index (χ1n) is 8.22. The van der Waals surface area contributed by atoms with Gasteiger partial charge in [0.15, 0.2) is 0 Å². The van der Waals surface area contributed by atoms with E-state index in [2.05, 4.69) is 5.32 Å². The normalized spacial score (nSPS) is 17.0. The molecular weight excluding hydrogens is 354 g/mol. The molecule has 2 amide bonds. The molecule has 1 atom stereocenters. The maximum atomic E-state index is 12.7. The minimum absolute atomic E-state index is 0.0119. The number of amides is 2. The van der Waals surface area contributed by atoms with Crippen LogP contribution in [0.1, 0.15) is 18.1 Å². The van der Waals surface area contributed by atoms with Crippen LogP contribution >= 0.6 is 0 Å². The van der Waals surface area contributed by atoms with Crippen molar-refractivity contribution in [2.75, 3.05) is 6.61 Å². The maximum absolute atomic E-state index is 12.7. The van der Waals surface area contributed by atoms with Crippen molar-refractivity contribution in [3.63, 3.8) is 0 Å². The van der Waals surface area contributed by atoms with Crippen molar-refractivity contribution in [1.29, 1.82) is 0 Å². The summed E-state index contributed by atoms with van der Waals surface area (Å²) >= 11 is 0. The first-order chi connectivity index (χ1) is 12.4. The zero-order valence-electron chi connectivity index (χ0n) is 14.4. The van der Waals surface area contributed by atoms with Gasteiger partial charge in [0.2, 0.25) is 10.0 Å². The van der Waals surface area contributed by atoms with E-state index in [1.54, 1.807) is 23.1 Å². The van der Waals surface area contributed by atoms with Crippen molar-refractivity contribution in [3.8, 4) is 5.75 Å². The molecule has 0 bridgehead atoms. The Morgan fingerprint density at radius 3 is 2.69 bits per heavy atom. The van der Waals surface area contributed by atoms with Crippen LogP contribution < -0.4 is 15.2 Å². The van der Waals surface area contributed by atoms with Crippen LogP contribution in [-0.2, 0) is 23.1 Å². The zero-order chi connectivity index (χ0) is 18.7. The molecule has 7 nitrogen and oxygen atoms in total. The van der Waals surface area contributed by atoms with Gasteiger partial charge in [-0.2, -0.15) is 0 Å². The van der Waals surface area contributed by atoms with Gasteiger partial charge in [0.05, 0.1) is 17.5 Å². The molecule has 1 unspecified atom stereocenters. The van der Waals surface area contributed by atoms with Gasteiger partial charge >= 0.3 is 6.03 Å². The van der Waals surface area contributed by atoms with E-state index in [0.717, 1.165) is 11.3 Å². The highest BCUT2D eigenvalue weighted by molar-refractivity contribution is 7.89. The number of fused-ring (bicyclic) bond motifs is 1. The highest BCUT2D eigenvalue weighted by atomic mass is 32.2. The summed E-state index contributed by atoms with van der Waals surface area (Å²) in [5.41, 5.74) is 1.37. The molecule has 1 aliphatic rings. The number of benzene rings is 2. The van der Waals surface area contributed by atoms with Gasteiger partial charge in [-0.05, 0) is 24.6 Å². The molecule has 0 saturated carbocycles. The summed E-state index contributed by atoms with van der Waals surface area (Å²) < 4.78 is 29.1. The predicted octanol–water partition coefficient (Wildman–Crippen LogP) is 1.83. The average molecular weight is 375 g/mol. The summed E-state index contributed by atoms with van der Waals surface area (Å²) in [6.45, 7) is 2.78. The second kappa shape index (κ2) is 7.35. The number of nitrogens with zero attached hydrogens (tertiary/aromatic N) is 1. The van der Waals surface area contributed by atoms with E-state index in [-0.39, 0.29) is 23.5 Å². The van der Waals surface area contributed by atoms with Crippen LogP contribution in [0.3, 0.4) is 0 Å². The number of primary sulfonamides is 1. The lowest BCUT2D eigenvalue weighted by atomic mass is 10.2. The molecule has 3 rings (SSSR count). The standard InChI is InChI=1S/C18H21N3O4S/c1-13-12-25-16-8-4-2-7-15(16)11-21(13)18(22)20-10-14-6-3-5-9-17(14)26(19,23)24/h2-9,13H,10-12H2,1H3,(H,20,22)(H2,19,23,24). The summed E-state index contributed by atoms with van der Waals surface area (Å²) in [6.07, 6.45) is 0. The Labute approximate surface area is 152 Å². The summed E-state index contributed by atoms with van der Waals surface area (Å²) in [5, 5.41) is 8.02. The van der Waals surface area contributed by atoms with Crippen LogP contribution in [0.15, 0.2) is 53.4 Å². The number of para-hydroxylation sites is 1. The van der Waals surface area contributed by atoms with Gasteiger partial charge in [0.1, 0.15) is 12.4 Å². The lowest BCUT2D eigenvalue weighted by molar-refractivity contribution is 0.156. The monoisotopic (exact) mass is 375 g/mol. The first-order valence-corrected chi connectivity index (χ1v) is 9.77. The quantitative estimate of drug-likeness (QED) is 0.854. The summed E-state index contributed by atoms with van der Waals surface area (Å²) in [5.74, 6) is 0.772. The molecule has 0 saturated heterocycles. The number of rotatable bonds is 3. The van der Waals surface area contributed by atoms with Gasteiger partial charge in [0.25, 0.3) is 0 Å². The van der Waals surface area contributed by atoms with Crippen LogP contribution in [0.25, 0.3) is 0 Å². The number of hydrogen-bond donors (Lipinski definition) is 2. The predicted molar refractivity (Wildman–Crippen MR) is 97.0 cm³/mol. The van der Waals surface area contributed by atoms with E-state index in [4.69, 9.17) is 9.88 Å². The first kappa shape index (κ1) is 18.2. The summed E-state index contributed by atoms with van der Waals surface area (Å²) in [4.78, 5) is 14.4. The van der Waals surface area contributed by atoms with E-state index >= 15 is 0 Å². The average Bonchev–Trinajstić information content (AvgIpc) is 2.78. The Morgan fingerprint density at radius 1 is 1.23 bits per heavy atom. The van der Waals surface area contributed by atoms with Crippen molar-refractivity contribution in [1.82, 2.24) is 10.2 Å². The van der Waals surface area contributed by atoms with E-state index in [9.17, 15) is 13.2 Å². The lowest BCUT2D eigenvalue weighted by Gasteiger charge is -2.26. The summed E-state index contributed by atoms with van der Waals surface area (Å²) in [6, 6.07) is 13.5. The van der Waals surface area contributed by atoms with Gasteiger partial charge in [-0.15, -0.1) is 0 Å². The van der Waals surface area contributed by atoms with Crippen molar-refractivity contribution in [2.45, 2.75) is 31.0 Å². The van der Waals surface area contributed by atoms with Crippen molar-refractivity contribution in [3.05, 3.63) is 59.7 Å². The Balaban J connectivity index is 1.75. The topological polar surface area (TPSA) is 102 Å². The fourth-order valence-electron chi connectivity index (χ4n) is 2.89. The molecule has 3 N–H and O–H groups in total. The van der Waals surface area contributed by atoms with Crippen LogP contribution in [0, 0.1) is 0 Å². The number of carbonyl (C=O) groups excluding carboxylic acids is 1. The number of nitrogens with one attached hydrogen (secondary N) is 1. The van der Waals surface area contributed by atoms with Gasteiger partial charge < -0.3 is 15.0 Å². The number of urea groups is 1. The largest absolute Gasteiger partial charge is 0.491 e. The fourth-order valence-corrected chi connectivity index (χ4v) is 3.66. The molecule has 1 heterocycles. The van der Waals surface area contributed by atoms with Crippen LogP contribution in [0.2, 0.25) is 0 Å². The molecule has 0 spiro atoms. The Morgan fingerprint density at radius 2 is 1.92 bits per heavy atom. The van der Waals surface area contributed by atoms with E-state index < -0.39 is 10.0 Å². The highest BCUT2D eigenvalue weighted by Crippen LogP contribution is 2.24. The van der Waals surface area contributed by atoms with Gasteiger partial charge in [0, 0.05) is 12.1 Å². The Kier molecular flexibility index (Phi) is 5.15. The summed E-state index contributed by atoms with van der Waals surface area (Å²) in [7, 11) is -3.85. The molecule has 0 aliphatic carbocycles. The third-order valence-electron chi connectivity index (χ3n) is 4.30. The zero-order valence-corrected chi connectivity index (χ0v) is 15.2. The van der Waals surface area contributed by atoms with Crippen LogP contribution in [-0.4, -0.2) is 32.0 Å². The third-order valence-corrected chi connectivity index (χ3v) is 5.31. The molecule has 1 aliphatic heterocycles. The van der Waals surface area contributed by atoms with Crippen molar-refractivity contribution >= 4 is 16.1 Å². The van der Waals surface area contributed by atoms with E-state index in [0.29, 0.717) is 18.7 Å². The fraction of sp³-hybridized carbons (Fsp3) is 0.278. The molecule has 2 aromatic carbocycles. The van der Waals surface area contributed by atoms with Crippen molar-refractivity contribution in [2.24, 2.45) is 5.14 Å². The highest BCUT2D eigenvalue weighted by Gasteiger charge is 2.25. The molecule has 0 aromatic heterocycles. The molecule has 138 valence electrons. The lowest BCUT2D eigenvalue weighted by Crippen LogP contribution is -2.45. The number of carbonyl (C=O) groups is 1. The number of hydrogen-bond acceptors (Lipinski definition) is 4. The van der Waals surface area contributed by atoms with Crippen LogP contribution in [0.5, 0.6) is 5.75 Å². The number of ether oxygens (including phenoxy) is 1. The Hall–Kier alpha value is -2.58.